The Labute approximate surface area is 248 Å². The van der Waals surface area contributed by atoms with Crippen LogP contribution in [0.2, 0.25) is 0 Å². The molecule has 0 atom stereocenters. The van der Waals surface area contributed by atoms with E-state index in [1.165, 1.54) is 58.3 Å². The van der Waals surface area contributed by atoms with Gasteiger partial charge in [0.25, 0.3) is 0 Å². The number of allylic oxidation sites excluding steroid dienone is 24. The summed E-state index contributed by atoms with van der Waals surface area (Å²) in [7, 11) is 0. The lowest BCUT2D eigenvalue weighted by Gasteiger charge is -2.32. The van der Waals surface area contributed by atoms with Crippen molar-refractivity contribution in [3.63, 3.8) is 0 Å². The van der Waals surface area contributed by atoms with Crippen molar-refractivity contribution in [2.75, 3.05) is 0 Å². The first-order valence-electron chi connectivity index (χ1n) is 15.0. The second-order valence-corrected chi connectivity index (χ2v) is 12.2. The Bertz CT molecular complexity index is 1180. The van der Waals surface area contributed by atoms with E-state index in [1.807, 2.05) is 0 Å². The van der Waals surface area contributed by atoms with Crippen molar-refractivity contribution < 1.29 is 0 Å². The summed E-state index contributed by atoms with van der Waals surface area (Å²) in [5.41, 5.74) is 11.1. The summed E-state index contributed by atoms with van der Waals surface area (Å²) >= 11 is 0. The van der Waals surface area contributed by atoms with E-state index in [4.69, 9.17) is 0 Å². The van der Waals surface area contributed by atoms with Gasteiger partial charge in [0.15, 0.2) is 0 Å². The highest BCUT2D eigenvalue weighted by Crippen LogP contribution is 2.40. The molecule has 0 amide bonds. The van der Waals surface area contributed by atoms with Crippen LogP contribution in [0.1, 0.15) is 101 Å². The molecular weight excluding hydrogens is 480 g/mol. The minimum atomic E-state index is 0.290. The number of hydrogen-bond acceptors (Lipinski definition) is 0. The molecule has 0 nitrogen and oxygen atoms in total. The van der Waals surface area contributed by atoms with Crippen molar-refractivity contribution in [3.8, 4) is 0 Å². The first kappa shape index (κ1) is 34.9. The molecule has 0 aromatic rings. The zero-order chi connectivity index (χ0) is 30.0. The molecule has 0 heterocycles. The second-order valence-electron chi connectivity index (χ2n) is 12.2. The van der Waals surface area contributed by atoms with Gasteiger partial charge in [0.05, 0.1) is 0 Å². The molecule has 0 aliphatic heterocycles. The molecule has 1 aliphatic rings. The highest BCUT2D eigenvalue weighted by Gasteiger charge is 2.26. The maximum Gasteiger partial charge on any atom is -0.0104 e. The standard InChI is InChI=1S/C40H56/c1-32(2)18-13-21-35(5)24-15-26-36(6)25-14-22-33(3)19-11-12-20-34(4)23-16-27-37(7)29-30-39-38(8)28-17-31-40(39,9)10/h11-12,14-16,18-20,22-27,29-30H,13,17,21,28,31H2,1-10H3/b12-11-,22-14+,23-16+,26-15+,30-29+,33-19+,34-20+,35-24+,36-25+,37-27+. The van der Waals surface area contributed by atoms with Crippen LogP contribution >= 0.6 is 0 Å². The molecule has 0 heteroatoms. The fourth-order valence-corrected chi connectivity index (χ4v) is 4.60. The molecule has 0 spiro atoms. The molecule has 0 aromatic heterocycles. The van der Waals surface area contributed by atoms with Gasteiger partial charge in [0.2, 0.25) is 0 Å². The summed E-state index contributed by atoms with van der Waals surface area (Å²) in [5, 5.41) is 0. The van der Waals surface area contributed by atoms with Crippen LogP contribution in [0.5, 0.6) is 0 Å². The molecule has 0 bridgehead atoms. The first-order chi connectivity index (χ1) is 18.9. The van der Waals surface area contributed by atoms with Gasteiger partial charge in [0, 0.05) is 0 Å². The highest BCUT2D eigenvalue weighted by molar-refractivity contribution is 5.37. The van der Waals surface area contributed by atoms with E-state index in [-0.39, 0.29) is 5.41 Å². The molecular formula is C40H56. The van der Waals surface area contributed by atoms with Gasteiger partial charge in [-0.3, -0.25) is 0 Å². The second kappa shape index (κ2) is 19.0. The first-order valence-corrected chi connectivity index (χ1v) is 15.0. The average molecular weight is 537 g/mol. The third-order valence-electron chi connectivity index (χ3n) is 7.15. The van der Waals surface area contributed by atoms with Gasteiger partial charge >= 0.3 is 0 Å². The molecule has 0 saturated heterocycles. The van der Waals surface area contributed by atoms with Gasteiger partial charge in [-0.15, -0.1) is 0 Å². The van der Waals surface area contributed by atoms with E-state index < -0.39 is 0 Å². The van der Waals surface area contributed by atoms with Crippen molar-refractivity contribution in [2.45, 2.75) is 101 Å². The Balaban J connectivity index is 2.58. The van der Waals surface area contributed by atoms with E-state index in [1.54, 1.807) is 5.57 Å². The summed E-state index contributed by atoms with van der Waals surface area (Å²) in [6.07, 6.45) is 40.9. The van der Waals surface area contributed by atoms with E-state index >= 15 is 0 Å². The van der Waals surface area contributed by atoms with Crippen molar-refractivity contribution in [1.29, 1.82) is 0 Å². The van der Waals surface area contributed by atoms with Crippen LogP contribution in [0.25, 0.3) is 0 Å². The minimum Gasteiger partial charge on any atom is -0.0856 e. The van der Waals surface area contributed by atoms with Gasteiger partial charge < -0.3 is 0 Å². The van der Waals surface area contributed by atoms with Crippen molar-refractivity contribution in [1.82, 2.24) is 0 Å². The minimum absolute atomic E-state index is 0.290. The predicted octanol–water partition coefficient (Wildman–Crippen LogP) is 12.8. The van der Waals surface area contributed by atoms with Crippen LogP contribution in [0.3, 0.4) is 0 Å². The van der Waals surface area contributed by atoms with Crippen LogP contribution in [-0.2, 0) is 0 Å². The summed E-state index contributed by atoms with van der Waals surface area (Å²) in [6.45, 7) is 22.1. The topological polar surface area (TPSA) is 0 Å². The summed E-state index contributed by atoms with van der Waals surface area (Å²) < 4.78 is 0. The molecule has 216 valence electrons. The maximum atomic E-state index is 2.37. The summed E-state index contributed by atoms with van der Waals surface area (Å²) in [4.78, 5) is 0. The molecule has 0 unspecified atom stereocenters. The van der Waals surface area contributed by atoms with Crippen LogP contribution in [0, 0.1) is 5.41 Å². The predicted molar refractivity (Wildman–Crippen MR) is 183 cm³/mol. The van der Waals surface area contributed by atoms with Gasteiger partial charge in [0.1, 0.15) is 0 Å². The van der Waals surface area contributed by atoms with Gasteiger partial charge in [-0.25, -0.2) is 0 Å². The maximum absolute atomic E-state index is 2.37. The van der Waals surface area contributed by atoms with Crippen LogP contribution in [0.15, 0.2) is 142 Å². The number of hydrogen-bond donors (Lipinski definition) is 0. The summed E-state index contributed by atoms with van der Waals surface area (Å²) in [5.74, 6) is 0. The highest BCUT2D eigenvalue weighted by atomic mass is 14.3. The van der Waals surface area contributed by atoms with E-state index in [2.05, 4.69) is 166 Å². The molecule has 40 heavy (non-hydrogen) atoms. The monoisotopic (exact) mass is 536 g/mol. The lowest BCUT2D eigenvalue weighted by Crippen LogP contribution is -2.19. The van der Waals surface area contributed by atoms with Gasteiger partial charge in [-0.05, 0) is 98.5 Å². The molecule has 0 N–H and O–H groups in total. The smallest absolute Gasteiger partial charge is 0.0104 e. The Hall–Kier alpha value is -3.12. The molecule has 0 saturated carbocycles. The zero-order valence-electron chi connectivity index (χ0n) is 27.3. The average Bonchev–Trinajstić information content (AvgIpc) is 2.85. The Morgan fingerprint density at radius 1 is 0.650 bits per heavy atom. The van der Waals surface area contributed by atoms with Gasteiger partial charge in [-0.1, -0.05) is 150 Å². The SMILES string of the molecule is CC(C)=CCC/C(C)=C/C=C/C(C)=C/C=C/C(C)=C/C=C\C=C(C)\C=C\C=C(C)\C=C\C1=C(C)CCCC1(C)C. The molecule has 0 radical (unpaired) electrons. The quantitative estimate of drug-likeness (QED) is 0.162. The lowest BCUT2D eigenvalue weighted by molar-refractivity contribution is 0.377. The van der Waals surface area contributed by atoms with Gasteiger partial charge in [-0.2, -0.15) is 0 Å². The Morgan fingerprint density at radius 3 is 1.62 bits per heavy atom. The Morgan fingerprint density at radius 2 is 1.12 bits per heavy atom. The molecule has 0 fully saturated rings. The zero-order valence-corrected chi connectivity index (χ0v) is 27.3. The third-order valence-corrected chi connectivity index (χ3v) is 7.15. The molecule has 1 aliphatic carbocycles. The van der Waals surface area contributed by atoms with E-state index in [9.17, 15) is 0 Å². The van der Waals surface area contributed by atoms with Crippen molar-refractivity contribution in [3.05, 3.63) is 142 Å². The van der Waals surface area contributed by atoms with Crippen LogP contribution in [0.4, 0.5) is 0 Å². The van der Waals surface area contributed by atoms with Crippen molar-refractivity contribution >= 4 is 0 Å². The number of rotatable bonds is 13. The van der Waals surface area contributed by atoms with E-state index in [0.29, 0.717) is 0 Å². The normalized spacial score (nSPS) is 18.5. The molecule has 0 aromatic carbocycles. The largest absolute Gasteiger partial charge is 0.0856 e. The van der Waals surface area contributed by atoms with E-state index in [0.717, 1.165) is 12.8 Å². The lowest BCUT2D eigenvalue weighted by atomic mass is 9.72. The summed E-state index contributed by atoms with van der Waals surface area (Å²) in [6, 6.07) is 0. The Kier molecular flexibility index (Phi) is 16.6. The van der Waals surface area contributed by atoms with Crippen molar-refractivity contribution in [2.24, 2.45) is 5.41 Å². The van der Waals surface area contributed by atoms with Crippen LogP contribution in [-0.4, -0.2) is 0 Å². The third kappa shape index (κ3) is 16.1. The molecule has 1 rings (SSSR count). The van der Waals surface area contributed by atoms with Crippen LogP contribution < -0.4 is 0 Å². The fourth-order valence-electron chi connectivity index (χ4n) is 4.60. The fraction of sp³-hybridized carbons (Fsp3) is 0.400.